The molecule has 23 heavy (non-hydrogen) atoms. The monoisotopic (exact) mass is 312 g/mol. The number of amides is 1. The van der Waals surface area contributed by atoms with Gasteiger partial charge in [0.25, 0.3) is 5.91 Å². The molecule has 1 amide bonds. The fraction of sp³-hybridized carbons (Fsp3) is 0.412. The highest BCUT2D eigenvalue weighted by Crippen LogP contribution is 2.26. The Morgan fingerprint density at radius 2 is 1.91 bits per heavy atom. The molecule has 0 radical (unpaired) electrons. The molecule has 3 heterocycles. The molecule has 6 heteroatoms. The van der Waals surface area contributed by atoms with Crippen LogP contribution in [0.1, 0.15) is 39.9 Å². The summed E-state index contributed by atoms with van der Waals surface area (Å²) in [6, 6.07) is 4.96. The summed E-state index contributed by atoms with van der Waals surface area (Å²) in [7, 11) is 1.65. The summed E-state index contributed by atoms with van der Waals surface area (Å²) in [4.78, 5) is 34.9. The molecular weight excluding hydrogens is 292 g/mol. The lowest BCUT2D eigenvalue weighted by Crippen LogP contribution is -2.30. The van der Waals surface area contributed by atoms with Gasteiger partial charge in [0.05, 0.1) is 5.56 Å². The number of aromatic nitrogens is 3. The third kappa shape index (κ3) is 3.16. The van der Waals surface area contributed by atoms with E-state index in [9.17, 15) is 9.59 Å². The second-order valence-corrected chi connectivity index (χ2v) is 6.11. The van der Waals surface area contributed by atoms with Crippen molar-refractivity contribution < 1.29 is 4.79 Å². The normalized spacial score (nSPS) is 17.5. The van der Waals surface area contributed by atoms with Crippen LogP contribution in [0.15, 0.2) is 29.2 Å². The van der Waals surface area contributed by atoms with Gasteiger partial charge in [-0.2, -0.15) is 0 Å². The Balaban J connectivity index is 1.77. The smallest absolute Gasteiger partial charge is 0.255 e. The summed E-state index contributed by atoms with van der Waals surface area (Å²) in [6.07, 6.45) is 2.45. The van der Waals surface area contributed by atoms with Gasteiger partial charge in [0.1, 0.15) is 5.82 Å². The van der Waals surface area contributed by atoms with E-state index in [4.69, 9.17) is 0 Å². The zero-order valence-corrected chi connectivity index (χ0v) is 13.6. The van der Waals surface area contributed by atoms with Gasteiger partial charge in [-0.25, -0.2) is 9.97 Å². The first kappa shape index (κ1) is 15.4. The number of hydrogen-bond acceptors (Lipinski definition) is 4. The van der Waals surface area contributed by atoms with Crippen LogP contribution in [-0.4, -0.2) is 38.4 Å². The summed E-state index contributed by atoms with van der Waals surface area (Å²) in [6.45, 7) is 5.22. The average Bonchev–Trinajstić information content (AvgIpc) is 2.98. The molecule has 0 aliphatic carbocycles. The van der Waals surface area contributed by atoms with Gasteiger partial charge in [-0.15, -0.1) is 0 Å². The van der Waals surface area contributed by atoms with Crippen LogP contribution < -0.4 is 5.56 Å². The molecule has 2 aromatic heterocycles. The van der Waals surface area contributed by atoms with E-state index in [2.05, 4.69) is 9.97 Å². The Hall–Kier alpha value is -2.50. The summed E-state index contributed by atoms with van der Waals surface area (Å²) in [5, 5.41) is 0. The first-order valence-corrected chi connectivity index (χ1v) is 7.72. The summed E-state index contributed by atoms with van der Waals surface area (Å²) < 4.78 is 1.42. The molecule has 2 aromatic rings. The van der Waals surface area contributed by atoms with Gasteiger partial charge in [-0.05, 0) is 32.4 Å². The van der Waals surface area contributed by atoms with E-state index in [-0.39, 0.29) is 17.4 Å². The number of pyridine rings is 1. The van der Waals surface area contributed by atoms with Crippen molar-refractivity contribution in [1.29, 1.82) is 0 Å². The molecule has 3 rings (SSSR count). The van der Waals surface area contributed by atoms with Crippen LogP contribution in [-0.2, 0) is 7.05 Å². The van der Waals surface area contributed by atoms with Gasteiger partial charge in [0.2, 0.25) is 5.56 Å². The molecule has 1 atom stereocenters. The average molecular weight is 312 g/mol. The third-order valence-corrected chi connectivity index (χ3v) is 4.17. The molecule has 0 spiro atoms. The fourth-order valence-corrected chi connectivity index (χ4v) is 2.99. The number of hydrogen-bond donors (Lipinski definition) is 0. The standard InChI is InChI=1S/C17H20N4O2/c1-11-8-12(2)19-16(18-11)13-6-7-21(10-13)17(23)14-4-5-15(22)20(3)9-14/h4-5,8-9,13H,6-7,10H2,1-3H3/t13-/m1/s1. The van der Waals surface area contributed by atoms with E-state index in [0.29, 0.717) is 18.7 Å². The predicted molar refractivity (Wildman–Crippen MR) is 86.5 cm³/mol. The van der Waals surface area contributed by atoms with Crippen molar-refractivity contribution in [3.05, 3.63) is 57.5 Å². The summed E-state index contributed by atoms with van der Waals surface area (Å²) >= 11 is 0. The first-order valence-electron chi connectivity index (χ1n) is 7.72. The lowest BCUT2D eigenvalue weighted by molar-refractivity contribution is 0.0789. The predicted octanol–water partition coefficient (Wildman–Crippen LogP) is 1.42. The van der Waals surface area contributed by atoms with E-state index in [1.54, 1.807) is 19.3 Å². The Kier molecular flexibility index (Phi) is 3.98. The SMILES string of the molecule is Cc1cc(C)nc([C@@H]2CCN(C(=O)c3ccc(=O)n(C)c3)C2)n1. The van der Waals surface area contributed by atoms with Crippen molar-refractivity contribution >= 4 is 5.91 Å². The quantitative estimate of drug-likeness (QED) is 0.841. The van der Waals surface area contributed by atoms with E-state index in [1.165, 1.54) is 10.6 Å². The Labute approximate surface area is 134 Å². The number of likely N-dealkylation sites (tertiary alicyclic amines) is 1. The van der Waals surface area contributed by atoms with Crippen LogP contribution in [0.4, 0.5) is 0 Å². The van der Waals surface area contributed by atoms with Crippen LogP contribution in [0.5, 0.6) is 0 Å². The first-order chi connectivity index (χ1) is 10.9. The summed E-state index contributed by atoms with van der Waals surface area (Å²) in [5.41, 5.74) is 2.32. The second kappa shape index (κ2) is 5.95. The van der Waals surface area contributed by atoms with E-state index >= 15 is 0 Å². The zero-order chi connectivity index (χ0) is 16.6. The van der Waals surface area contributed by atoms with Gasteiger partial charge in [-0.3, -0.25) is 9.59 Å². The second-order valence-electron chi connectivity index (χ2n) is 6.11. The Morgan fingerprint density at radius 1 is 1.22 bits per heavy atom. The van der Waals surface area contributed by atoms with Gasteiger partial charge >= 0.3 is 0 Å². The highest BCUT2D eigenvalue weighted by Gasteiger charge is 2.30. The topological polar surface area (TPSA) is 68.1 Å². The number of aryl methyl sites for hydroxylation is 3. The van der Waals surface area contributed by atoms with Crippen molar-refractivity contribution in [3.8, 4) is 0 Å². The van der Waals surface area contributed by atoms with Crippen LogP contribution in [0, 0.1) is 13.8 Å². The fourth-order valence-electron chi connectivity index (χ4n) is 2.99. The minimum absolute atomic E-state index is 0.0486. The van der Waals surface area contributed by atoms with E-state index in [0.717, 1.165) is 23.6 Å². The number of carbonyl (C=O) groups excluding carboxylic acids is 1. The van der Waals surface area contributed by atoms with Crippen LogP contribution in [0.3, 0.4) is 0 Å². The van der Waals surface area contributed by atoms with E-state index in [1.807, 2.05) is 24.8 Å². The van der Waals surface area contributed by atoms with E-state index < -0.39 is 0 Å². The Morgan fingerprint density at radius 3 is 2.57 bits per heavy atom. The molecular formula is C17H20N4O2. The largest absolute Gasteiger partial charge is 0.338 e. The molecule has 0 saturated carbocycles. The van der Waals surface area contributed by atoms with Crippen LogP contribution in [0.25, 0.3) is 0 Å². The highest BCUT2D eigenvalue weighted by atomic mass is 16.2. The molecule has 0 bridgehead atoms. The van der Waals surface area contributed by atoms with Gasteiger partial charge < -0.3 is 9.47 Å². The molecule has 0 N–H and O–H groups in total. The van der Waals surface area contributed by atoms with Crippen molar-refractivity contribution in [2.75, 3.05) is 13.1 Å². The molecule has 0 unspecified atom stereocenters. The van der Waals surface area contributed by atoms with Crippen LogP contribution in [0.2, 0.25) is 0 Å². The molecule has 6 nitrogen and oxygen atoms in total. The van der Waals surface area contributed by atoms with Crippen molar-refractivity contribution in [2.24, 2.45) is 7.05 Å². The van der Waals surface area contributed by atoms with Crippen molar-refractivity contribution in [3.63, 3.8) is 0 Å². The Bertz CT molecular complexity index is 792. The molecule has 0 aromatic carbocycles. The maximum atomic E-state index is 12.6. The van der Waals surface area contributed by atoms with Crippen molar-refractivity contribution in [2.45, 2.75) is 26.2 Å². The van der Waals surface area contributed by atoms with Crippen LogP contribution >= 0.6 is 0 Å². The maximum Gasteiger partial charge on any atom is 0.255 e. The third-order valence-electron chi connectivity index (χ3n) is 4.17. The highest BCUT2D eigenvalue weighted by molar-refractivity contribution is 5.94. The molecule has 1 saturated heterocycles. The number of nitrogens with zero attached hydrogens (tertiary/aromatic N) is 4. The number of carbonyl (C=O) groups is 1. The minimum Gasteiger partial charge on any atom is -0.338 e. The summed E-state index contributed by atoms with van der Waals surface area (Å²) in [5.74, 6) is 0.941. The lowest BCUT2D eigenvalue weighted by atomic mass is 10.1. The maximum absolute atomic E-state index is 12.6. The van der Waals surface area contributed by atoms with Gasteiger partial charge in [0, 0.05) is 49.7 Å². The lowest BCUT2D eigenvalue weighted by Gasteiger charge is -2.17. The van der Waals surface area contributed by atoms with Crippen molar-refractivity contribution in [1.82, 2.24) is 19.4 Å². The van der Waals surface area contributed by atoms with Gasteiger partial charge in [0.15, 0.2) is 0 Å². The molecule has 120 valence electrons. The van der Waals surface area contributed by atoms with Gasteiger partial charge in [-0.1, -0.05) is 0 Å². The number of rotatable bonds is 2. The molecule has 1 aliphatic heterocycles. The zero-order valence-electron chi connectivity index (χ0n) is 13.6. The molecule has 1 fully saturated rings. The minimum atomic E-state index is -0.121. The molecule has 1 aliphatic rings.